The Hall–Kier alpha value is -4.95. The zero-order chi connectivity index (χ0) is 36.2. The van der Waals surface area contributed by atoms with E-state index in [9.17, 15) is 0 Å². The third-order valence-electron chi connectivity index (χ3n) is 11.3. The molecule has 0 saturated heterocycles. The zero-order valence-corrected chi connectivity index (χ0v) is 33.9. The van der Waals surface area contributed by atoms with E-state index in [1.54, 1.807) is 0 Å². The third kappa shape index (κ3) is 8.24. The Balaban J connectivity index is 0.00000450. The van der Waals surface area contributed by atoms with E-state index in [-0.39, 0.29) is 20.1 Å². The molecule has 1 aliphatic rings. The predicted octanol–water partition coefficient (Wildman–Crippen LogP) is 13.0. The summed E-state index contributed by atoms with van der Waals surface area (Å²) < 4.78 is 0. The summed E-state index contributed by atoms with van der Waals surface area (Å²) in [7, 11) is 0. The van der Waals surface area contributed by atoms with E-state index < -0.39 is 0 Å². The van der Waals surface area contributed by atoms with Crippen LogP contribution in [0, 0.1) is 26.0 Å². The molecule has 0 bridgehead atoms. The van der Waals surface area contributed by atoms with Crippen LogP contribution in [0.4, 0.5) is 0 Å². The van der Waals surface area contributed by atoms with Crippen LogP contribution in [0.5, 0.6) is 0 Å². The molecule has 0 aliphatic heterocycles. The zero-order valence-electron chi connectivity index (χ0n) is 31.5. The van der Waals surface area contributed by atoms with Gasteiger partial charge in [0.2, 0.25) is 0 Å². The Morgan fingerprint density at radius 2 is 1.30 bits per heavy atom. The van der Waals surface area contributed by atoms with Crippen molar-refractivity contribution < 1.29 is 20.1 Å². The smallest absolute Gasteiger partial charge is 0.0166 e. The molecule has 0 amide bonds. The maximum Gasteiger partial charge on any atom is 0.0166 e. The van der Waals surface area contributed by atoms with Crippen LogP contribution in [0.1, 0.15) is 66.8 Å². The molecule has 1 radical (unpaired) electrons. The monoisotopic (exact) mass is 879 g/mol. The first kappa shape index (κ1) is 37.4. The van der Waals surface area contributed by atoms with Crippen molar-refractivity contribution in [1.82, 2.24) is 9.97 Å². The second-order valence-corrected chi connectivity index (χ2v) is 15.2. The first-order valence-corrected chi connectivity index (χ1v) is 19.1. The number of nitrogens with zero attached hydrogens (tertiary/aromatic N) is 2. The second kappa shape index (κ2) is 16.6. The van der Waals surface area contributed by atoms with Gasteiger partial charge >= 0.3 is 0 Å². The molecule has 0 atom stereocenters. The number of aryl methyl sites for hydroxylation is 4. The standard InChI is InChI=1S/C51H46N2.Ir/c1-36-32-39(14-13-38-15-17-43(18-16-38)50-37(2)10-9-30-53-50)34-45(33-36)48-12-6-5-11-47(48)41-19-21-42(22-20-41)49-35-44(27-31-52-49)40-23-25-46(26-24-40)51(3)28-7-4-8-29-51;/h5-6,9-12,15-17,19-21,23-27,30-35H,4,7-8,13-14,28-29H2,1-3H3;/q-2;. The SMILES string of the molecule is Cc1cc(CCc2c[c-]c(-c3ncccc3C)cc2)cc(-c2ccccc2-c2c[c-]c(-c3cc(-c4ccc(C5(C)CCCCC5)cc4)ccn3)cc2)c1.[Ir]. The number of rotatable bonds is 9. The molecule has 0 unspecified atom stereocenters. The maximum atomic E-state index is 4.75. The molecule has 2 aromatic heterocycles. The first-order chi connectivity index (χ1) is 25.9. The molecule has 54 heavy (non-hydrogen) atoms. The number of hydrogen-bond acceptors (Lipinski definition) is 2. The minimum Gasteiger partial charge on any atom is -0.305 e. The fourth-order valence-electron chi connectivity index (χ4n) is 8.16. The van der Waals surface area contributed by atoms with Crippen LogP contribution in [-0.2, 0) is 38.4 Å². The molecule has 2 heterocycles. The summed E-state index contributed by atoms with van der Waals surface area (Å²) in [6.45, 7) is 6.73. The van der Waals surface area contributed by atoms with Crippen LogP contribution >= 0.6 is 0 Å². The summed E-state index contributed by atoms with van der Waals surface area (Å²) in [5.74, 6) is 0. The summed E-state index contributed by atoms with van der Waals surface area (Å²) in [6, 6.07) is 53.4. The Labute approximate surface area is 335 Å². The summed E-state index contributed by atoms with van der Waals surface area (Å²) in [5, 5.41) is 0. The second-order valence-electron chi connectivity index (χ2n) is 15.2. The Kier molecular flexibility index (Phi) is 11.5. The molecule has 1 fully saturated rings. The van der Waals surface area contributed by atoms with Crippen LogP contribution < -0.4 is 0 Å². The molecule has 5 aromatic carbocycles. The van der Waals surface area contributed by atoms with Gasteiger partial charge in [0.05, 0.1) is 0 Å². The Morgan fingerprint density at radius 1 is 0.574 bits per heavy atom. The van der Waals surface area contributed by atoms with Gasteiger partial charge in [0.15, 0.2) is 0 Å². The van der Waals surface area contributed by atoms with Crippen molar-refractivity contribution in [3.8, 4) is 55.9 Å². The fraction of sp³-hybridized carbons (Fsp3) is 0.216. The van der Waals surface area contributed by atoms with Crippen molar-refractivity contribution in [2.75, 3.05) is 0 Å². The first-order valence-electron chi connectivity index (χ1n) is 19.1. The van der Waals surface area contributed by atoms with Crippen molar-refractivity contribution in [1.29, 1.82) is 0 Å². The van der Waals surface area contributed by atoms with Gasteiger partial charge in [-0.15, -0.1) is 65.2 Å². The van der Waals surface area contributed by atoms with Gasteiger partial charge in [0.1, 0.15) is 0 Å². The van der Waals surface area contributed by atoms with Gasteiger partial charge in [-0.1, -0.05) is 134 Å². The summed E-state index contributed by atoms with van der Waals surface area (Å²) in [4.78, 5) is 9.31. The van der Waals surface area contributed by atoms with Crippen LogP contribution in [0.15, 0.2) is 140 Å². The normalized spacial score (nSPS) is 13.6. The van der Waals surface area contributed by atoms with Crippen molar-refractivity contribution in [2.24, 2.45) is 0 Å². The number of pyridine rings is 2. The predicted molar refractivity (Wildman–Crippen MR) is 221 cm³/mol. The average Bonchev–Trinajstić information content (AvgIpc) is 3.21. The molecular formula is C51H46IrN2-2. The Bertz CT molecular complexity index is 2330. The molecule has 0 spiro atoms. The van der Waals surface area contributed by atoms with Gasteiger partial charge in [0.25, 0.3) is 0 Å². The minimum absolute atomic E-state index is 0. The van der Waals surface area contributed by atoms with Gasteiger partial charge in [-0.05, 0) is 95.4 Å². The quantitative estimate of drug-likeness (QED) is 0.135. The summed E-state index contributed by atoms with van der Waals surface area (Å²) in [5.41, 5.74) is 18.0. The molecular weight excluding hydrogens is 833 g/mol. The fourth-order valence-corrected chi connectivity index (χ4v) is 8.16. The number of aromatic nitrogens is 2. The van der Waals surface area contributed by atoms with Crippen LogP contribution in [0.2, 0.25) is 0 Å². The molecule has 0 N–H and O–H groups in total. The summed E-state index contributed by atoms with van der Waals surface area (Å²) in [6.07, 6.45) is 12.3. The van der Waals surface area contributed by atoms with Crippen molar-refractivity contribution in [2.45, 2.75) is 71.1 Å². The van der Waals surface area contributed by atoms with Crippen molar-refractivity contribution >= 4 is 0 Å². The van der Waals surface area contributed by atoms with E-state index >= 15 is 0 Å². The van der Waals surface area contributed by atoms with Gasteiger partial charge in [0, 0.05) is 32.5 Å². The van der Waals surface area contributed by atoms with E-state index in [2.05, 4.69) is 159 Å². The topological polar surface area (TPSA) is 25.8 Å². The number of benzene rings is 5. The maximum absolute atomic E-state index is 4.75. The molecule has 1 saturated carbocycles. The summed E-state index contributed by atoms with van der Waals surface area (Å²) >= 11 is 0. The molecule has 2 nitrogen and oxygen atoms in total. The van der Waals surface area contributed by atoms with E-state index in [0.717, 1.165) is 40.9 Å². The van der Waals surface area contributed by atoms with Crippen molar-refractivity contribution in [3.63, 3.8) is 0 Å². The number of hydrogen-bond donors (Lipinski definition) is 0. The molecule has 3 heteroatoms. The Morgan fingerprint density at radius 3 is 2.02 bits per heavy atom. The molecule has 8 rings (SSSR count). The van der Waals surface area contributed by atoms with Gasteiger partial charge in [-0.25, -0.2) is 0 Å². The van der Waals surface area contributed by atoms with Crippen LogP contribution in [-0.4, -0.2) is 9.97 Å². The van der Waals surface area contributed by atoms with Gasteiger partial charge < -0.3 is 9.97 Å². The average molecular weight is 879 g/mol. The third-order valence-corrected chi connectivity index (χ3v) is 11.3. The van der Waals surface area contributed by atoms with E-state index in [1.165, 1.54) is 87.7 Å². The molecule has 271 valence electrons. The van der Waals surface area contributed by atoms with Gasteiger partial charge in [-0.2, -0.15) is 0 Å². The van der Waals surface area contributed by atoms with E-state index in [1.807, 2.05) is 18.5 Å². The van der Waals surface area contributed by atoms with Crippen molar-refractivity contribution in [3.05, 3.63) is 180 Å². The molecule has 1 aliphatic carbocycles. The molecule has 7 aromatic rings. The minimum atomic E-state index is 0. The van der Waals surface area contributed by atoms with E-state index in [4.69, 9.17) is 4.98 Å². The van der Waals surface area contributed by atoms with Gasteiger partial charge in [-0.3, -0.25) is 0 Å². The van der Waals surface area contributed by atoms with Crippen LogP contribution in [0.25, 0.3) is 55.9 Å². The largest absolute Gasteiger partial charge is 0.305 e. The van der Waals surface area contributed by atoms with Crippen LogP contribution in [0.3, 0.4) is 0 Å². The van der Waals surface area contributed by atoms with E-state index in [0.29, 0.717) is 5.41 Å².